The Labute approximate surface area is 293 Å². The predicted octanol–water partition coefficient (Wildman–Crippen LogP) is 9.91. The Hall–Kier alpha value is -1.99. The van der Waals surface area contributed by atoms with Crippen molar-refractivity contribution in [3.05, 3.63) is 48.6 Å². The minimum atomic E-state index is -5.26. The predicted molar refractivity (Wildman–Crippen MR) is 193 cm³/mol. The van der Waals surface area contributed by atoms with Crippen molar-refractivity contribution in [3.8, 4) is 0 Å². The monoisotopic (exact) mass is 694 g/mol. The van der Waals surface area contributed by atoms with E-state index in [2.05, 4.69) is 67.0 Å². The second-order valence-corrected chi connectivity index (χ2v) is 13.7. The molecule has 48 heavy (non-hydrogen) atoms. The van der Waals surface area contributed by atoms with Crippen LogP contribution in [0.2, 0.25) is 0 Å². The summed E-state index contributed by atoms with van der Waals surface area (Å²) in [7, 11) is -5.26. The number of rotatable bonds is 34. The first kappa shape index (κ1) is 46.0. The summed E-state index contributed by atoms with van der Waals surface area (Å²) in [5.74, 6) is -0.992. The Morgan fingerprint density at radius 1 is 0.542 bits per heavy atom. The van der Waals surface area contributed by atoms with E-state index < -0.39 is 32.5 Å². The van der Waals surface area contributed by atoms with E-state index in [1.165, 1.54) is 44.9 Å². The lowest BCUT2D eigenvalue weighted by atomic mass is 10.1. The zero-order chi connectivity index (χ0) is 35.4. The average molecular weight is 695 g/mol. The van der Waals surface area contributed by atoms with Crippen LogP contribution >= 0.6 is 7.82 Å². The Balaban J connectivity index is 4.03. The van der Waals surface area contributed by atoms with Gasteiger partial charge in [0.1, 0.15) is 6.61 Å². The van der Waals surface area contributed by atoms with Crippen molar-refractivity contribution in [2.24, 2.45) is 0 Å². The number of allylic oxidation sites excluding steroid dienone is 8. The molecule has 9 heteroatoms. The highest BCUT2D eigenvalue weighted by Crippen LogP contribution is 2.25. The fourth-order valence-electron chi connectivity index (χ4n) is 4.95. The summed E-state index contributed by atoms with van der Waals surface area (Å²) in [6.07, 6.45) is 40.7. The molecule has 0 aliphatic heterocycles. The molecule has 1 atom stereocenters. The zero-order valence-electron chi connectivity index (χ0n) is 30.3. The van der Waals surface area contributed by atoms with E-state index >= 15 is 0 Å². The Kier molecular flexibility index (Phi) is 33.4. The summed E-state index contributed by atoms with van der Waals surface area (Å²) in [4.78, 5) is 46.4. The first-order chi connectivity index (χ1) is 23.3. The van der Waals surface area contributed by atoms with Crippen LogP contribution in [-0.4, -0.2) is 31.3 Å². The summed E-state index contributed by atoms with van der Waals surface area (Å²) in [5.41, 5.74) is 0. The minimum absolute atomic E-state index is 0.160. The van der Waals surface area contributed by atoms with Gasteiger partial charge in [-0.05, 0) is 77.0 Å². The number of esters is 2. The van der Waals surface area contributed by atoms with Gasteiger partial charge in [0.05, 0.1) is 14.4 Å². The summed E-state index contributed by atoms with van der Waals surface area (Å²) in [5, 5.41) is 0. The molecule has 0 saturated heterocycles. The fourth-order valence-corrected chi connectivity index (χ4v) is 5.30. The van der Waals surface area contributed by atoms with Gasteiger partial charge in [0.15, 0.2) is 6.10 Å². The fraction of sp³-hybridized carbons (Fsp3) is 0.744. The summed E-state index contributed by atoms with van der Waals surface area (Å²) >= 11 is 0. The van der Waals surface area contributed by atoms with E-state index in [1.807, 2.05) is 0 Å². The molecular formula is C39H67O8P-2. The Morgan fingerprint density at radius 3 is 1.38 bits per heavy atom. The van der Waals surface area contributed by atoms with Crippen molar-refractivity contribution < 1.29 is 37.9 Å². The van der Waals surface area contributed by atoms with Crippen LogP contribution in [0.15, 0.2) is 48.6 Å². The normalized spacial score (nSPS) is 13.0. The van der Waals surface area contributed by atoms with E-state index in [1.54, 1.807) is 0 Å². The summed E-state index contributed by atoms with van der Waals surface area (Å²) < 4.78 is 25.7. The van der Waals surface area contributed by atoms with E-state index in [0.717, 1.165) is 83.5 Å². The van der Waals surface area contributed by atoms with Gasteiger partial charge in [0, 0.05) is 12.8 Å². The highest BCUT2D eigenvalue weighted by molar-refractivity contribution is 7.43. The molecule has 0 amide bonds. The van der Waals surface area contributed by atoms with Gasteiger partial charge >= 0.3 is 11.9 Å². The van der Waals surface area contributed by atoms with E-state index in [9.17, 15) is 23.9 Å². The van der Waals surface area contributed by atoms with Gasteiger partial charge in [-0.1, -0.05) is 127 Å². The van der Waals surface area contributed by atoms with Gasteiger partial charge in [-0.3, -0.25) is 9.59 Å². The van der Waals surface area contributed by atoms with Crippen LogP contribution in [-0.2, 0) is 28.2 Å². The molecule has 0 rings (SSSR count). The smallest absolute Gasteiger partial charge is 0.306 e. The van der Waals surface area contributed by atoms with Crippen molar-refractivity contribution in [2.45, 2.75) is 174 Å². The van der Waals surface area contributed by atoms with E-state index in [0.29, 0.717) is 12.8 Å². The molecule has 0 bridgehead atoms. The van der Waals surface area contributed by atoms with Gasteiger partial charge in [-0.2, -0.15) is 0 Å². The van der Waals surface area contributed by atoms with Gasteiger partial charge in [0.25, 0.3) is 0 Å². The maximum Gasteiger partial charge on any atom is 0.306 e. The Morgan fingerprint density at radius 2 is 0.938 bits per heavy atom. The van der Waals surface area contributed by atoms with Crippen LogP contribution in [0.25, 0.3) is 0 Å². The number of carbonyl (C=O) groups excluding carboxylic acids is 2. The topological polar surface area (TPSA) is 125 Å². The van der Waals surface area contributed by atoms with Gasteiger partial charge in [-0.15, -0.1) is 0 Å². The third-order valence-electron chi connectivity index (χ3n) is 7.81. The zero-order valence-corrected chi connectivity index (χ0v) is 31.2. The van der Waals surface area contributed by atoms with Crippen molar-refractivity contribution in [2.75, 3.05) is 13.2 Å². The van der Waals surface area contributed by atoms with Crippen molar-refractivity contribution in [3.63, 3.8) is 0 Å². The highest BCUT2D eigenvalue weighted by Gasteiger charge is 2.18. The average Bonchev–Trinajstić information content (AvgIpc) is 3.05. The van der Waals surface area contributed by atoms with Crippen LogP contribution in [0.3, 0.4) is 0 Å². The number of ether oxygens (including phenoxy) is 2. The highest BCUT2D eigenvalue weighted by atomic mass is 31.2. The van der Waals surface area contributed by atoms with E-state index in [4.69, 9.17) is 9.47 Å². The SMILES string of the molecule is CCCCC/C=C\C/C=C\CCCCCCCC(=O)OC[C@H](COP(=O)([O-])[O-])OC(=O)CCCCCCC/C=C\C/C=C\CCCCC. The number of phosphoric ester groups is 1. The molecule has 278 valence electrons. The minimum Gasteiger partial charge on any atom is -0.790 e. The van der Waals surface area contributed by atoms with Crippen LogP contribution in [0.5, 0.6) is 0 Å². The second-order valence-electron chi connectivity index (χ2n) is 12.5. The number of hydrogen-bond acceptors (Lipinski definition) is 8. The maximum atomic E-state index is 12.3. The molecule has 0 spiro atoms. The van der Waals surface area contributed by atoms with Crippen LogP contribution in [0.1, 0.15) is 168 Å². The molecule has 0 saturated carbocycles. The number of hydrogen-bond donors (Lipinski definition) is 0. The van der Waals surface area contributed by atoms with Crippen molar-refractivity contribution in [1.82, 2.24) is 0 Å². The van der Waals surface area contributed by atoms with Crippen LogP contribution in [0.4, 0.5) is 0 Å². The molecule has 0 unspecified atom stereocenters. The lowest BCUT2D eigenvalue weighted by Gasteiger charge is -2.30. The molecule has 0 aromatic carbocycles. The molecule has 0 aliphatic carbocycles. The molecule has 0 aliphatic rings. The van der Waals surface area contributed by atoms with Gasteiger partial charge in [0.2, 0.25) is 0 Å². The first-order valence-electron chi connectivity index (χ1n) is 18.9. The molecule has 0 aromatic heterocycles. The number of carbonyl (C=O) groups is 2. The third kappa shape index (κ3) is 36.8. The lowest BCUT2D eigenvalue weighted by Crippen LogP contribution is -2.31. The number of unbranched alkanes of at least 4 members (excludes halogenated alkanes) is 16. The van der Waals surface area contributed by atoms with E-state index in [-0.39, 0.29) is 19.4 Å². The molecule has 8 nitrogen and oxygen atoms in total. The largest absolute Gasteiger partial charge is 0.790 e. The van der Waals surface area contributed by atoms with Crippen LogP contribution < -0.4 is 9.79 Å². The summed E-state index contributed by atoms with van der Waals surface area (Å²) in [6.45, 7) is 3.41. The van der Waals surface area contributed by atoms with Crippen molar-refractivity contribution >= 4 is 19.8 Å². The van der Waals surface area contributed by atoms with Crippen LogP contribution in [0, 0.1) is 0 Å². The van der Waals surface area contributed by atoms with Gasteiger partial charge < -0.3 is 28.3 Å². The standard InChI is InChI=1S/C39H69O8P/c1-3-5-7-9-11-13-15-17-19-21-23-25-27-29-31-33-38(40)45-35-37(36-46-48(42,43)44)47-39(41)34-32-30-28-26-24-22-20-18-16-14-12-10-8-6-4-2/h11-14,17-20,37H,3-10,15-16,21-36H2,1-2H3,(H2,42,43,44)/p-2/b13-11-,14-12-,19-17-,20-18-/t37-/m1/s1. The second kappa shape index (κ2) is 34.9. The molecule has 0 heterocycles. The third-order valence-corrected chi connectivity index (χ3v) is 8.28. The number of phosphoric acid groups is 1. The quantitative estimate of drug-likeness (QED) is 0.0282. The summed E-state index contributed by atoms with van der Waals surface area (Å²) in [6, 6.07) is 0. The Bertz CT molecular complexity index is 921. The first-order valence-corrected chi connectivity index (χ1v) is 20.4. The molecule has 0 fully saturated rings. The molecular weight excluding hydrogens is 627 g/mol. The van der Waals surface area contributed by atoms with Crippen molar-refractivity contribution in [1.29, 1.82) is 0 Å². The molecule has 0 radical (unpaired) electrons. The maximum absolute atomic E-state index is 12.3. The molecule has 0 aromatic rings. The lowest BCUT2D eigenvalue weighted by molar-refractivity contribution is -0.343. The molecule has 0 N–H and O–H groups in total. The van der Waals surface area contributed by atoms with Gasteiger partial charge in [-0.25, -0.2) is 0 Å².